The van der Waals surface area contributed by atoms with E-state index >= 15 is 0 Å². The highest BCUT2D eigenvalue weighted by atomic mass is 79.9. The van der Waals surface area contributed by atoms with E-state index in [0.29, 0.717) is 44.3 Å². The molecule has 0 amide bonds. The summed E-state index contributed by atoms with van der Waals surface area (Å²) in [6, 6.07) is 0. The van der Waals surface area contributed by atoms with E-state index in [-0.39, 0.29) is 37.6 Å². The van der Waals surface area contributed by atoms with Crippen molar-refractivity contribution in [2.45, 2.75) is 0 Å². The molecule has 0 heterocycles. The van der Waals surface area contributed by atoms with Crippen molar-refractivity contribution in [3.8, 4) is 0 Å². The number of methoxy groups -OCH3 is 2. The third-order valence-corrected chi connectivity index (χ3v) is 8.23. The molecule has 0 unspecified atom stereocenters. The van der Waals surface area contributed by atoms with Crippen molar-refractivity contribution in [2.75, 3.05) is 67.1 Å². The highest BCUT2D eigenvalue weighted by Gasteiger charge is 2.30. The monoisotopic (exact) mass is 682 g/mol. The topological polar surface area (TPSA) is 89.5 Å². The van der Waals surface area contributed by atoms with Crippen molar-refractivity contribution in [3.63, 3.8) is 0 Å². The standard InChI is InChI=1S/C18H22Br4O8/c1-25-3-5-27-7-9-29-17(23)11-12(14(20)16(22)15(21)13(11)19)18(24)30-10-8-28-6-4-26-2/h3-10H2,1-2H3. The van der Waals surface area contributed by atoms with Gasteiger partial charge in [-0.3, -0.25) is 0 Å². The van der Waals surface area contributed by atoms with Crippen molar-refractivity contribution < 1.29 is 38.0 Å². The molecule has 12 heteroatoms. The lowest BCUT2D eigenvalue weighted by Crippen LogP contribution is -2.20. The third kappa shape index (κ3) is 8.81. The van der Waals surface area contributed by atoms with Crippen LogP contribution >= 0.6 is 63.7 Å². The van der Waals surface area contributed by atoms with Crippen molar-refractivity contribution in [1.29, 1.82) is 0 Å². The largest absolute Gasteiger partial charge is 0.460 e. The van der Waals surface area contributed by atoms with E-state index in [1.807, 2.05) is 0 Å². The minimum atomic E-state index is -0.700. The first-order valence-electron chi connectivity index (χ1n) is 8.70. The summed E-state index contributed by atoms with van der Waals surface area (Å²) in [6.07, 6.45) is 0. The second-order valence-electron chi connectivity index (χ2n) is 5.49. The molecule has 0 spiro atoms. The molecule has 0 atom stereocenters. The van der Waals surface area contributed by atoms with E-state index in [0.717, 1.165) is 0 Å². The summed E-state index contributed by atoms with van der Waals surface area (Å²) in [6.45, 7) is 2.08. The van der Waals surface area contributed by atoms with Gasteiger partial charge in [0.1, 0.15) is 13.2 Å². The van der Waals surface area contributed by atoms with Gasteiger partial charge in [-0.2, -0.15) is 0 Å². The van der Waals surface area contributed by atoms with Gasteiger partial charge >= 0.3 is 11.9 Å². The zero-order chi connectivity index (χ0) is 22.5. The lowest BCUT2D eigenvalue weighted by Gasteiger charge is -2.16. The van der Waals surface area contributed by atoms with Crippen LogP contribution in [0.1, 0.15) is 20.7 Å². The molecule has 0 saturated carbocycles. The molecule has 30 heavy (non-hydrogen) atoms. The van der Waals surface area contributed by atoms with E-state index in [2.05, 4.69) is 63.7 Å². The maximum atomic E-state index is 12.7. The molecule has 0 aliphatic rings. The average molecular weight is 686 g/mol. The molecular weight excluding hydrogens is 664 g/mol. The average Bonchev–Trinajstić information content (AvgIpc) is 2.73. The molecule has 1 aromatic rings. The van der Waals surface area contributed by atoms with E-state index in [1.165, 1.54) is 0 Å². The van der Waals surface area contributed by atoms with Gasteiger partial charge in [0.2, 0.25) is 0 Å². The lowest BCUT2D eigenvalue weighted by molar-refractivity contribution is 0.0183. The SMILES string of the molecule is COCCOCCOC(=O)c1c(Br)c(Br)c(Br)c(Br)c1C(=O)OCCOCCOC. The van der Waals surface area contributed by atoms with Gasteiger partial charge < -0.3 is 28.4 Å². The predicted octanol–water partition coefficient (Wildman–Crippen LogP) is 4.38. The fourth-order valence-electron chi connectivity index (χ4n) is 2.03. The number of benzene rings is 1. The van der Waals surface area contributed by atoms with Crippen LogP contribution in [0.2, 0.25) is 0 Å². The molecule has 0 fully saturated rings. The van der Waals surface area contributed by atoms with Crippen molar-refractivity contribution in [1.82, 2.24) is 0 Å². The molecule has 1 aromatic carbocycles. The Labute approximate surface area is 208 Å². The number of halogens is 4. The number of ether oxygens (including phenoxy) is 6. The van der Waals surface area contributed by atoms with Crippen LogP contribution in [-0.2, 0) is 28.4 Å². The van der Waals surface area contributed by atoms with E-state index in [9.17, 15) is 9.59 Å². The fourth-order valence-corrected chi connectivity index (χ4v) is 4.48. The lowest BCUT2D eigenvalue weighted by atomic mass is 10.1. The van der Waals surface area contributed by atoms with E-state index in [1.54, 1.807) is 14.2 Å². The Balaban J connectivity index is 2.89. The minimum absolute atomic E-state index is 0.0160. The fraction of sp³-hybridized carbons (Fsp3) is 0.556. The maximum absolute atomic E-state index is 12.7. The van der Waals surface area contributed by atoms with Crippen LogP contribution < -0.4 is 0 Å². The zero-order valence-electron chi connectivity index (χ0n) is 16.4. The Morgan fingerprint density at radius 3 is 1.23 bits per heavy atom. The Bertz CT molecular complexity index is 655. The second-order valence-corrected chi connectivity index (χ2v) is 8.66. The van der Waals surface area contributed by atoms with Crippen molar-refractivity contribution in [3.05, 3.63) is 29.0 Å². The van der Waals surface area contributed by atoms with Gasteiger partial charge in [0.15, 0.2) is 0 Å². The zero-order valence-corrected chi connectivity index (χ0v) is 22.8. The normalized spacial score (nSPS) is 10.9. The van der Waals surface area contributed by atoms with Crippen LogP contribution in [0.5, 0.6) is 0 Å². The minimum Gasteiger partial charge on any atom is -0.460 e. The molecule has 1 rings (SSSR count). The number of carbonyl (C=O) groups excluding carboxylic acids is 2. The number of rotatable bonds is 14. The summed E-state index contributed by atoms with van der Waals surface area (Å²) in [4.78, 5) is 25.4. The molecule has 0 N–H and O–H groups in total. The second kappa shape index (κ2) is 15.7. The molecule has 0 aliphatic carbocycles. The summed E-state index contributed by atoms with van der Waals surface area (Å²) in [5.41, 5.74) is 0.0540. The molecule has 0 aliphatic heterocycles. The Morgan fingerprint density at radius 1 is 0.567 bits per heavy atom. The number of esters is 2. The highest BCUT2D eigenvalue weighted by molar-refractivity contribution is 9.15. The molecule has 0 bridgehead atoms. The summed E-state index contributed by atoms with van der Waals surface area (Å²) >= 11 is 13.4. The van der Waals surface area contributed by atoms with Gasteiger partial charge in [0.05, 0.1) is 50.8 Å². The molecule has 0 aromatic heterocycles. The van der Waals surface area contributed by atoms with E-state index in [4.69, 9.17) is 28.4 Å². The van der Waals surface area contributed by atoms with Crippen LogP contribution in [0, 0.1) is 0 Å². The van der Waals surface area contributed by atoms with Crippen molar-refractivity contribution in [2.24, 2.45) is 0 Å². The first kappa shape index (κ1) is 28.0. The smallest absolute Gasteiger partial charge is 0.340 e. The molecule has 170 valence electrons. The summed E-state index contributed by atoms with van der Waals surface area (Å²) in [5.74, 6) is -1.40. The van der Waals surface area contributed by atoms with Crippen LogP contribution in [0.25, 0.3) is 0 Å². The van der Waals surface area contributed by atoms with Gasteiger partial charge in [-0.15, -0.1) is 0 Å². The van der Waals surface area contributed by atoms with Gasteiger partial charge in [-0.1, -0.05) is 0 Å². The molecule has 8 nitrogen and oxygen atoms in total. The summed E-state index contributed by atoms with van der Waals surface area (Å²) in [7, 11) is 3.13. The highest BCUT2D eigenvalue weighted by Crippen LogP contribution is 2.42. The van der Waals surface area contributed by atoms with Gasteiger partial charge in [-0.05, 0) is 63.7 Å². The molecule has 0 radical (unpaired) electrons. The van der Waals surface area contributed by atoms with Crippen LogP contribution in [0.4, 0.5) is 0 Å². The van der Waals surface area contributed by atoms with Gasteiger partial charge in [0, 0.05) is 32.1 Å². The first-order valence-corrected chi connectivity index (χ1v) is 11.9. The van der Waals surface area contributed by atoms with Crippen LogP contribution in [0.3, 0.4) is 0 Å². The number of carbonyl (C=O) groups is 2. The number of hydrogen-bond donors (Lipinski definition) is 0. The molecule has 0 saturated heterocycles. The van der Waals surface area contributed by atoms with Gasteiger partial charge in [0.25, 0.3) is 0 Å². The van der Waals surface area contributed by atoms with Crippen LogP contribution in [0.15, 0.2) is 17.9 Å². The maximum Gasteiger partial charge on any atom is 0.340 e. The summed E-state index contributed by atoms with van der Waals surface area (Å²) in [5, 5.41) is 0. The molecular formula is C18H22Br4O8. The number of hydrogen-bond acceptors (Lipinski definition) is 8. The third-order valence-electron chi connectivity index (χ3n) is 3.46. The predicted molar refractivity (Wildman–Crippen MR) is 123 cm³/mol. The van der Waals surface area contributed by atoms with Crippen molar-refractivity contribution >= 4 is 75.7 Å². The van der Waals surface area contributed by atoms with Crippen LogP contribution in [-0.4, -0.2) is 79.0 Å². The Kier molecular flexibility index (Phi) is 14.6. The van der Waals surface area contributed by atoms with E-state index < -0.39 is 11.9 Å². The first-order chi connectivity index (χ1) is 14.4. The van der Waals surface area contributed by atoms with Gasteiger partial charge in [-0.25, -0.2) is 9.59 Å². The Morgan fingerprint density at radius 2 is 0.900 bits per heavy atom. The summed E-state index contributed by atoms with van der Waals surface area (Å²) < 4.78 is 32.6. The Hall–Kier alpha value is -0.0800. The quantitative estimate of drug-likeness (QED) is 0.124.